The molecule has 0 aliphatic heterocycles. The summed E-state index contributed by atoms with van der Waals surface area (Å²) in [5, 5.41) is 29.0. The second-order valence-corrected chi connectivity index (χ2v) is 8.89. The van der Waals surface area contributed by atoms with E-state index in [-0.39, 0.29) is 17.3 Å². The molecule has 0 fully saturated rings. The van der Waals surface area contributed by atoms with Gasteiger partial charge in [0.05, 0.1) is 32.6 Å². The fourth-order valence-electron chi connectivity index (χ4n) is 4.69. The van der Waals surface area contributed by atoms with Gasteiger partial charge in [-0.1, -0.05) is 0 Å². The molecule has 38 heavy (non-hydrogen) atoms. The van der Waals surface area contributed by atoms with Crippen LogP contribution in [0.5, 0.6) is 28.7 Å². The lowest BCUT2D eigenvalue weighted by atomic mass is 10.00. The molecule has 5 aromatic rings. The minimum Gasteiger partial charge on any atom is -0.508 e. The van der Waals surface area contributed by atoms with Crippen LogP contribution in [0.2, 0.25) is 0 Å². The number of phenols is 2. The van der Waals surface area contributed by atoms with Gasteiger partial charge in [0.1, 0.15) is 11.5 Å². The van der Waals surface area contributed by atoms with Crippen molar-refractivity contribution in [1.29, 1.82) is 0 Å². The molecule has 10 heteroatoms. The number of aromatic nitrogens is 4. The molecule has 5 rings (SSSR count). The number of hydrogen-bond donors (Lipinski definition) is 3. The lowest BCUT2D eigenvalue weighted by Crippen LogP contribution is -2.15. The molecule has 0 aliphatic carbocycles. The van der Waals surface area contributed by atoms with Gasteiger partial charge in [-0.15, -0.1) is 0 Å². The second-order valence-electron chi connectivity index (χ2n) is 8.89. The Kier molecular flexibility index (Phi) is 6.46. The van der Waals surface area contributed by atoms with E-state index in [0.29, 0.717) is 46.9 Å². The average Bonchev–Trinajstić information content (AvgIpc) is 3.49. The van der Waals surface area contributed by atoms with Crippen LogP contribution in [0.25, 0.3) is 28.0 Å². The van der Waals surface area contributed by atoms with E-state index in [1.54, 1.807) is 27.4 Å². The molecular formula is C28H28N4O6. The first-order valence-electron chi connectivity index (χ1n) is 11.9. The van der Waals surface area contributed by atoms with Gasteiger partial charge in [-0.25, -0.2) is 14.5 Å². The summed E-state index contributed by atoms with van der Waals surface area (Å²) in [7, 11) is 6.60. The number of nitrogens with one attached hydrogen (secondary N) is 1. The van der Waals surface area contributed by atoms with Gasteiger partial charge in [0.25, 0.3) is 0 Å². The number of fused-ring (bicyclic) bond motifs is 1. The summed E-state index contributed by atoms with van der Waals surface area (Å²) < 4.78 is 19.7. The second kappa shape index (κ2) is 9.89. The normalized spacial score (nSPS) is 11.2. The Balaban J connectivity index is 1.51. The Hall–Kier alpha value is -4.86. The molecule has 3 aromatic carbocycles. The molecule has 0 aliphatic rings. The summed E-state index contributed by atoms with van der Waals surface area (Å²) in [6.07, 6.45) is 2.91. The Labute approximate surface area is 218 Å². The summed E-state index contributed by atoms with van der Waals surface area (Å²) in [6, 6.07) is 14.2. The first kappa shape index (κ1) is 24.8. The third kappa shape index (κ3) is 4.30. The zero-order valence-electron chi connectivity index (χ0n) is 21.5. The molecule has 0 atom stereocenters. The van der Waals surface area contributed by atoms with Crippen molar-refractivity contribution in [3.63, 3.8) is 0 Å². The van der Waals surface area contributed by atoms with Crippen LogP contribution < -0.4 is 19.9 Å². The zero-order valence-corrected chi connectivity index (χ0v) is 21.5. The smallest absolute Gasteiger partial charge is 0.348 e. The van der Waals surface area contributed by atoms with Crippen LogP contribution in [0.3, 0.4) is 0 Å². The molecule has 3 N–H and O–H groups in total. The van der Waals surface area contributed by atoms with Crippen molar-refractivity contribution in [2.75, 3.05) is 21.3 Å². The zero-order chi connectivity index (χ0) is 27.0. The number of aromatic amines is 1. The number of aryl methyl sites for hydroxylation is 3. The summed E-state index contributed by atoms with van der Waals surface area (Å²) in [5.74, 6) is 1.55. The first-order chi connectivity index (χ1) is 18.3. The highest BCUT2D eigenvalue weighted by Crippen LogP contribution is 2.39. The number of methoxy groups -OCH3 is 3. The molecule has 2 aromatic heterocycles. The van der Waals surface area contributed by atoms with E-state index in [2.05, 4.69) is 10.2 Å². The Morgan fingerprint density at radius 3 is 2.32 bits per heavy atom. The van der Waals surface area contributed by atoms with E-state index in [0.717, 1.165) is 16.5 Å². The molecular weight excluding hydrogens is 488 g/mol. The van der Waals surface area contributed by atoms with Gasteiger partial charge in [-0.05, 0) is 66.4 Å². The fourth-order valence-corrected chi connectivity index (χ4v) is 4.69. The molecule has 0 bridgehead atoms. The lowest BCUT2D eigenvalue weighted by Gasteiger charge is -2.15. The number of rotatable bonds is 8. The Morgan fingerprint density at radius 1 is 0.895 bits per heavy atom. The maximum absolute atomic E-state index is 12.8. The van der Waals surface area contributed by atoms with Gasteiger partial charge in [0, 0.05) is 30.2 Å². The summed E-state index contributed by atoms with van der Waals surface area (Å²) >= 11 is 0. The highest BCUT2D eigenvalue weighted by atomic mass is 16.5. The highest BCUT2D eigenvalue weighted by Gasteiger charge is 2.20. The van der Waals surface area contributed by atoms with Gasteiger partial charge in [-0.2, -0.15) is 5.10 Å². The molecule has 2 heterocycles. The quantitative estimate of drug-likeness (QED) is 0.285. The van der Waals surface area contributed by atoms with Crippen LogP contribution in [0.1, 0.15) is 11.1 Å². The lowest BCUT2D eigenvalue weighted by molar-refractivity contribution is 0.324. The number of phenolic OH excluding ortho intramolecular Hbond substituents is 2. The monoisotopic (exact) mass is 516 g/mol. The summed E-state index contributed by atoms with van der Waals surface area (Å²) in [4.78, 5) is 12.8. The summed E-state index contributed by atoms with van der Waals surface area (Å²) in [5.41, 5.74) is 2.97. The predicted molar refractivity (Wildman–Crippen MR) is 143 cm³/mol. The van der Waals surface area contributed by atoms with Crippen LogP contribution in [0.4, 0.5) is 0 Å². The van der Waals surface area contributed by atoms with Crippen molar-refractivity contribution in [2.24, 2.45) is 7.05 Å². The molecule has 0 spiro atoms. The molecule has 196 valence electrons. The van der Waals surface area contributed by atoms with Gasteiger partial charge >= 0.3 is 5.69 Å². The minimum absolute atomic E-state index is 0.0613. The first-order valence-corrected chi connectivity index (χ1v) is 11.9. The van der Waals surface area contributed by atoms with E-state index in [1.807, 2.05) is 54.2 Å². The van der Waals surface area contributed by atoms with Crippen molar-refractivity contribution >= 4 is 10.9 Å². The predicted octanol–water partition coefficient (Wildman–Crippen LogP) is 3.94. The number of hydrogen-bond acceptors (Lipinski definition) is 7. The van der Waals surface area contributed by atoms with Crippen molar-refractivity contribution in [3.8, 4) is 45.8 Å². The van der Waals surface area contributed by atoms with Crippen LogP contribution in [0.15, 0.2) is 59.5 Å². The minimum atomic E-state index is -0.443. The third-order valence-electron chi connectivity index (χ3n) is 6.64. The number of benzene rings is 3. The van der Waals surface area contributed by atoms with E-state index in [1.165, 1.54) is 10.6 Å². The van der Waals surface area contributed by atoms with Gasteiger partial charge < -0.3 is 29.0 Å². The van der Waals surface area contributed by atoms with Crippen molar-refractivity contribution < 1.29 is 24.4 Å². The van der Waals surface area contributed by atoms with E-state index in [4.69, 9.17) is 14.2 Å². The summed E-state index contributed by atoms with van der Waals surface area (Å²) in [6.45, 7) is 0. The van der Waals surface area contributed by atoms with Crippen molar-refractivity contribution in [1.82, 2.24) is 19.3 Å². The third-order valence-corrected chi connectivity index (χ3v) is 6.64. The van der Waals surface area contributed by atoms with E-state index >= 15 is 0 Å². The largest absolute Gasteiger partial charge is 0.508 e. The molecule has 0 saturated heterocycles. The molecule has 0 amide bonds. The Morgan fingerprint density at radius 2 is 1.63 bits per heavy atom. The van der Waals surface area contributed by atoms with E-state index in [9.17, 15) is 15.0 Å². The standard InChI is InChI=1S/C28H28N4O6/c1-31-10-9-17-13-19(7-8-21(17)31)32-27(29-30-28(32)35)20-14-18(22(33)15-23(20)34)6-5-16-11-24(36-2)26(38-4)25(12-16)37-3/h7-15,33-34H,5-6H2,1-4H3,(H,30,35). The Bertz CT molecular complexity index is 1670. The topological polar surface area (TPSA) is 124 Å². The molecule has 0 unspecified atom stereocenters. The van der Waals surface area contributed by atoms with Crippen LogP contribution in [-0.4, -0.2) is 50.9 Å². The maximum atomic E-state index is 12.8. The van der Waals surface area contributed by atoms with Gasteiger partial charge in [-0.3, -0.25) is 0 Å². The van der Waals surface area contributed by atoms with Crippen molar-refractivity contribution in [3.05, 3.63) is 76.3 Å². The van der Waals surface area contributed by atoms with Gasteiger partial charge in [0.15, 0.2) is 17.3 Å². The SMILES string of the molecule is COc1cc(CCc2cc(-c3n[nH]c(=O)n3-c3ccc4c(ccn4C)c3)c(O)cc2O)cc(OC)c1OC. The number of H-pyrrole nitrogens is 1. The number of aromatic hydroxyl groups is 2. The molecule has 0 radical (unpaired) electrons. The maximum Gasteiger partial charge on any atom is 0.348 e. The van der Waals surface area contributed by atoms with Crippen LogP contribution in [0, 0.1) is 0 Å². The number of ether oxygens (including phenoxy) is 3. The number of nitrogens with zero attached hydrogens (tertiary/aromatic N) is 3. The molecule has 10 nitrogen and oxygen atoms in total. The van der Waals surface area contributed by atoms with Crippen molar-refractivity contribution in [2.45, 2.75) is 12.8 Å². The van der Waals surface area contributed by atoms with Crippen LogP contribution >= 0.6 is 0 Å². The fraction of sp³-hybridized carbons (Fsp3) is 0.214. The van der Waals surface area contributed by atoms with Gasteiger partial charge in [0.2, 0.25) is 5.75 Å². The molecule has 0 saturated carbocycles. The average molecular weight is 517 g/mol. The van der Waals surface area contributed by atoms with E-state index < -0.39 is 5.69 Å². The van der Waals surface area contributed by atoms with Crippen LogP contribution in [-0.2, 0) is 19.9 Å². The highest BCUT2D eigenvalue weighted by molar-refractivity contribution is 5.82.